The minimum absolute atomic E-state index is 0.120. The molecule has 1 aromatic rings. The van der Waals surface area contributed by atoms with E-state index >= 15 is 0 Å². The first-order chi connectivity index (χ1) is 8.84. The van der Waals surface area contributed by atoms with E-state index in [0.29, 0.717) is 0 Å². The highest BCUT2D eigenvalue weighted by atomic mass is 79.9. The molecule has 1 nitrogen and oxygen atoms in total. The van der Waals surface area contributed by atoms with Gasteiger partial charge in [0.15, 0.2) is 0 Å². The van der Waals surface area contributed by atoms with Crippen LogP contribution in [0, 0.1) is 5.41 Å². The van der Waals surface area contributed by atoms with E-state index in [4.69, 9.17) is 4.43 Å². The zero-order valence-corrected chi connectivity index (χ0v) is 15.1. The second kappa shape index (κ2) is 7.41. The second-order valence-electron chi connectivity index (χ2n) is 6.00. The van der Waals surface area contributed by atoms with E-state index in [2.05, 4.69) is 86.2 Å². The second-order valence-corrected chi connectivity index (χ2v) is 8.70. The molecule has 1 radical (unpaired) electrons. The highest BCUT2D eigenvalue weighted by Gasteiger charge is 2.27. The van der Waals surface area contributed by atoms with Crippen LogP contribution in [0.5, 0.6) is 0 Å². The first-order valence-electron chi connectivity index (χ1n) is 6.64. The van der Waals surface area contributed by atoms with Crippen molar-refractivity contribution < 1.29 is 4.43 Å². The Labute approximate surface area is 127 Å². The molecule has 0 aliphatic carbocycles. The van der Waals surface area contributed by atoms with Crippen LogP contribution in [0.15, 0.2) is 30.3 Å². The molecule has 19 heavy (non-hydrogen) atoms. The van der Waals surface area contributed by atoms with E-state index in [9.17, 15) is 0 Å². The number of rotatable bonds is 5. The Morgan fingerprint density at radius 1 is 1.21 bits per heavy atom. The van der Waals surface area contributed by atoms with Crippen LogP contribution in [-0.4, -0.2) is 14.4 Å². The predicted octanol–water partition coefficient (Wildman–Crippen LogP) is 5.45. The fourth-order valence-electron chi connectivity index (χ4n) is 1.94. The van der Waals surface area contributed by atoms with Crippen molar-refractivity contribution in [1.82, 2.24) is 0 Å². The zero-order valence-electron chi connectivity index (χ0n) is 12.5. The standard InChI is InChI=1S/C16H24BrOSi/c1-16(2,3)15(18-19(4)5)14-10-8-13(9-11-14)7-6-12-17/h6-11,15H,12H2,1-5H3/b7-6+. The number of benzene rings is 1. The largest absolute Gasteiger partial charge is 0.410 e. The number of alkyl halides is 1. The molecule has 0 saturated carbocycles. The van der Waals surface area contributed by atoms with Gasteiger partial charge in [-0.1, -0.05) is 73.1 Å². The summed E-state index contributed by atoms with van der Waals surface area (Å²) in [6.07, 6.45) is 4.40. The zero-order chi connectivity index (χ0) is 14.5. The molecule has 105 valence electrons. The van der Waals surface area contributed by atoms with Crippen LogP contribution in [0.25, 0.3) is 6.08 Å². The maximum atomic E-state index is 6.20. The van der Waals surface area contributed by atoms with E-state index in [0.717, 1.165) is 5.33 Å². The summed E-state index contributed by atoms with van der Waals surface area (Å²) >= 11 is 3.39. The Balaban J connectivity index is 2.94. The van der Waals surface area contributed by atoms with Gasteiger partial charge in [-0.05, 0) is 29.6 Å². The van der Waals surface area contributed by atoms with E-state index in [1.807, 2.05) is 0 Å². The molecule has 0 amide bonds. The molecule has 0 aliphatic rings. The molecule has 1 aromatic carbocycles. The molecule has 3 heteroatoms. The van der Waals surface area contributed by atoms with Crippen LogP contribution in [0.2, 0.25) is 13.1 Å². The van der Waals surface area contributed by atoms with Crippen molar-refractivity contribution in [3.63, 3.8) is 0 Å². The third-order valence-electron chi connectivity index (χ3n) is 2.78. The van der Waals surface area contributed by atoms with Gasteiger partial charge in [-0.3, -0.25) is 0 Å². The number of allylic oxidation sites excluding steroid dienone is 1. The number of hydrogen-bond donors (Lipinski definition) is 0. The van der Waals surface area contributed by atoms with Gasteiger partial charge < -0.3 is 4.43 Å². The maximum absolute atomic E-state index is 6.20. The Kier molecular flexibility index (Phi) is 6.50. The Morgan fingerprint density at radius 2 is 1.79 bits per heavy atom. The number of halogens is 1. The van der Waals surface area contributed by atoms with Crippen molar-refractivity contribution in [2.75, 3.05) is 5.33 Å². The topological polar surface area (TPSA) is 9.23 Å². The third-order valence-corrected chi connectivity index (χ3v) is 3.86. The summed E-state index contributed by atoms with van der Waals surface area (Å²) in [6.45, 7) is 11.1. The SMILES string of the molecule is C[Si](C)OC(c1ccc(/C=C/CBr)cc1)C(C)(C)C. The molecule has 0 aromatic heterocycles. The van der Waals surface area contributed by atoms with Crippen LogP contribution < -0.4 is 0 Å². The van der Waals surface area contributed by atoms with Crippen molar-refractivity contribution in [2.24, 2.45) is 5.41 Å². The summed E-state index contributed by atoms with van der Waals surface area (Å²) in [6, 6.07) is 8.70. The molecule has 0 N–H and O–H groups in total. The average molecular weight is 340 g/mol. The Hall–Kier alpha value is -0.383. The first-order valence-corrected chi connectivity index (χ1v) is 10.2. The van der Waals surface area contributed by atoms with E-state index in [1.54, 1.807) is 0 Å². The lowest BCUT2D eigenvalue weighted by atomic mass is 9.84. The van der Waals surface area contributed by atoms with Crippen LogP contribution in [-0.2, 0) is 4.43 Å². The van der Waals surface area contributed by atoms with Gasteiger partial charge in [-0.15, -0.1) is 0 Å². The monoisotopic (exact) mass is 339 g/mol. The Morgan fingerprint density at radius 3 is 2.21 bits per heavy atom. The normalized spacial score (nSPS) is 14.3. The van der Waals surface area contributed by atoms with Gasteiger partial charge in [0.2, 0.25) is 9.04 Å². The lowest BCUT2D eigenvalue weighted by Gasteiger charge is -2.32. The van der Waals surface area contributed by atoms with Crippen molar-refractivity contribution >= 4 is 31.0 Å². The van der Waals surface area contributed by atoms with E-state index in [1.165, 1.54) is 11.1 Å². The predicted molar refractivity (Wildman–Crippen MR) is 90.0 cm³/mol. The lowest BCUT2D eigenvalue weighted by molar-refractivity contribution is 0.0866. The highest BCUT2D eigenvalue weighted by Crippen LogP contribution is 2.36. The van der Waals surface area contributed by atoms with Crippen molar-refractivity contribution in [3.8, 4) is 0 Å². The molecular weight excluding hydrogens is 316 g/mol. The summed E-state index contributed by atoms with van der Waals surface area (Å²) < 4.78 is 6.20. The molecule has 0 bridgehead atoms. The van der Waals surface area contributed by atoms with E-state index < -0.39 is 9.04 Å². The summed E-state index contributed by atoms with van der Waals surface area (Å²) in [5, 5.41) is 0.889. The molecule has 0 spiro atoms. The quantitative estimate of drug-likeness (QED) is 0.512. The fraction of sp³-hybridized carbons (Fsp3) is 0.500. The number of hydrogen-bond acceptors (Lipinski definition) is 1. The highest BCUT2D eigenvalue weighted by molar-refractivity contribution is 9.09. The third kappa shape index (κ3) is 5.63. The Bertz CT molecular complexity index is 404. The molecule has 1 atom stereocenters. The fourth-order valence-corrected chi connectivity index (χ4v) is 3.09. The van der Waals surface area contributed by atoms with E-state index in [-0.39, 0.29) is 11.5 Å². The molecular formula is C16H24BrOSi. The van der Waals surface area contributed by atoms with Crippen molar-refractivity contribution in [2.45, 2.75) is 40.0 Å². The molecule has 1 unspecified atom stereocenters. The van der Waals surface area contributed by atoms with Crippen LogP contribution in [0.4, 0.5) is 0 Å². The van der Waals surface area contributed by atoms with Gasteiger partial charge in [-0.25, -0.2) is 0 Å². The molecule has 0 saturated heterocycles. The van der Waals surface area contributed by atoms with Gasteiger partial charge in [0.05, 0.1) is 6.10 Å². The summed E-state index contributed by atoms with van der Waals surface area (Å²) in [5.74, 6) is 0. The smallest absolute Gasteiger partial charge is 0.205 e. The lowest BCUT2D eigenvalue weighted by Crippen LogP contribution is -2.25. The van der Waals surface area contributed by atoms with Gasteiger partial charge in [-0.2, -0.15) is 0 Å². The molecule has 0 aliphatic heterocycles. The minimum atomic E-state index is -0.707. The van der Waals surface area contributed by atoms with Crippen LogP contribution in [0.1, 0.15) is 38.0 Å². The maximum Gasteiger partial charge on any atom is 0.205 e. The average Bonchev–Trinajstić information content (AvgIpc) is 2.33. The summed E-state index contributed by atoms with van der Waals surface area (Å²) in [4.78, 5) is 0. The summed E-state index contributed by atoms with van der Waals surface area (Å²) in [5.41, 5.74) is 2.62. The van der Waals surface area contributed by atoms with Gasteiger partial charge >= 0.3 is 0 Å². The van der Waals surface area contributed by atoms with Gasteiger partial charge in [0.1, 0.15) is 0 Å². The van der Waals surface area contributed by atoms with Gasteiger partial charge in [0, 0.05) is 5.33 Å². The van der Waals surface area contributed by atoms with Crippen molar-refractivity contribution in [3.05, 3.63) is 41.5 Å². The first kappa shape index (κ1) is 16.7. The summed E-state index contributed by atoms with van der Waals surface area (Å²) in [7, 11) is -0.707. The van der Waals surface area contributed by atoms with Crippen LogP contribution >= 0.6 is 15.9 Å². The van der Waals surface area contributed by atoms with Gasteiger partial charge in [0.25, 0.3) is 0 Å². The molecule has 1 rings (SSSR count). The molecule has 0 heterocycles. The minimum Gasteiger partial charge on any atom is -0.410 e. The molecule has 0 fully saturated rings. The van der Waals surface area contributed by atoms with Crippen LogP contribution in [0.3, 0.4) is 0 Å². The van der Waals surface area contributed by atoms with Crippen molar-refractivity contribution in [1.29, 1.82) is 0 Å².